The van der Waals surface area contributed by atoms with Gasteiger partial charge in [0.05, 0.1) is 4.90 Å². The van der Waals surface area contributed by atoms with Crippen molar-refractivity contribution < 1.29 is 10.2 Å². The lowest BCUT2D eigenvalue weighted by Gasteiger charge is -2.05. The van der Waals surface area contributed by atoms with Crippen LogP contribution in [-0.4, -0.2) is 10.2 Å². The van der Waals surface area contributed by atoms with Crippen molar-refractivity contribution in [2.75, 3.05) is 0 Å². The Morgan fingerprint density at radius 1 is 0.800 bits per heavy atom. The molecule has 0 unspecified atom stereocenters. The van der Waals surface area contributed by atoms with Gasteiger partial charge in [0.15, 0.2) is 11.5 Å². The first-order valence-electron chi connectivity index (χ1n) is 4.51. The molecule has 0 aliphatic carbocycles. The minimum atomic E-state index is -0.0871. The van der Waals surface area contributed by atoms with E-state index in [2.05, 4.69) is 0 Å². The normalized spacial score (nSPS) is 10.1. The van der Waals surface area contributed by atoms with Crippen LogP contribution in [0.2, 0.25) is 0 Å². The standard InChI is InChI=1S/C12H10O2S/c13-10-7-4-8-11(12(10)14)15-9-5-2-1-3-6-9/h1-8,13-14H. The lowest BCUT2D eigenvalue weighted by atomic mass is 10.3. The molecule has 2 N–H and O–H groups in total. The van der Waals surface area contributed by atoms with E-state index in [1.165, 1.54) is 17.8 Å². The smallest absolute Gasteiger partial charge is 0.171 e. The van der Waals surface area contributed by atoms with Crippen molar-refractivity contribution in [2.45, 2.75) is 9.79 Å². The predicted octanol–water partition coefficient (Wildman–Crippen LogP) is 3.25. The molecule has 3 heteroatoms. The summed E-state index contributed by atoms with van der Waals surface area (Å²) in [7, 11) is 0. The third kappa shape index (κ3) is 2.25. The van der Waals surface area contributed by atoms with Crippen molar-refractivity contribution in [3.63, 3.8) is 0 Å². The average molecular weight is 218 g/mol. The lowest BCUT2D eigenvalue weighted by molar-refractivity contribution is 0.395. The SMILES string of the molecule is Oc1cccc(Sc2ccccc2)c1O. The van der Waals surface area contributed by atoms with E-state index in [0.717, 1.165) is 4.90 Å². The van der Waals surface area contributed by atoms with Crippen LogP contribution in [-0.2, 0) is 0 Å². The van der Waals surface area contributed by atoms with Crippen molar-refractivity contribution >= 4 is 11.8 Å². The fourth-order valence-corrected chi connectivity index (χ4v) is 2.10. The van der Waals surface area contributed by atoms with Crippen LogP contribution in [0.3, 0.4) is 0 Å². The third-order valence-corrected chi connectivity index (χ3v) is 3.01. The Labute approximate surface area is 92.2 Å². The molecule has 0 aliphatic rings. The summed E-state index contributed by atoms with van der Waals surface area (Å²) in [6.07, 6.45) is 0. The van der Waals surface area contributed by atoms with E-state index in [9.17, 15) is 10.2 Å². The summed E-state index contributed by atoms with van der Waals surface area (Å²) in [6.45, 7) is 0. The van der Waals surface area contributed by atoms with Crippen LogP contribution >= 0.6 is 11.8 Å². The van der Waals surface area contributed by atoms with Gasteiger partial charge in [0.1, 0.15) is 0 Å². The van der Waals surface area contributed by atoms with Crippen molar-refractivity contribution in [3.05, 3.63) is 48.5 Å². The number of hydrogen-bond donors (Lipinski definition) is 2. The highest BCUT2D eigenvalue weighted by Gasteiger charge is 2.06. The van der Waals surface area contributed by atoms with E-state index in [4.69, 9.17) is 0 Å². The van der Waals surface area contributed by atoms with Crippen LogP contribution in [0.5, 0.6) is 11.5 Å². The first-order chi connectivity index (χ1) is 7.27. The Kier molecular flexibility index (Phi) is 2.83. The van der Waals surface area contributed by atoms with Crippen molar-refractivity contribution in [1.29, 1.82) is 0 Å². The molecule has 0 atom stereocenters. The number of aromatic hydroxyl groups is 2. The molecule has 0 saturated heterocycles. The topological polar surface area (TPSA) is 40.5 Å². The minimum Gasteiger partial charge on any atom is -0.504 e. The number of phenols is 2. The second-order valence-corrected chi connectivity index (χ2v) is 4.15. The third-order valence-electron chi connectivity index (χ3n) is 1.95. The van der Waals surface area contributed by atoms with Gasteiger partial charge in [-0.15, -0.1) is 0 Å². The molecule has 0 spiro atoms. The Hall–Kier alpha value is -1.61. The van der Waals surface area contributed by atoms with Gasteiger partial charge in [0.25, 0.3) is 0 Å². The second kappa shape index (κ2) is 4.28. The van der Waals surface area contributed by atoms with E-state index < -0.39 is 0 Å². The predicted molar refractivity (Wildman–Crippen MR) is 60.3 cm³/mol. The molecular formula is C12H10O2S. The van der Waals surface area contributed by atoms with Crippen LogP contribution in [0.4, 0.5) is 0 Å². The Balaban J connectivity index is 2.29. The molecule has 0 fully saturated rings. The van der Waals surface area contributed by atoms with Gasteiger partial charge in [0.2, 0.25) is 0 Å². The Morgan fingerprint density at radius 2 is 1.53 bits per heavy atom. The molecule has 0 bridgehead atoms. The zero-order valence-electron chi connectivity index (χ0n) is 7.92. The first kappa shape index (κ1) is 9.93. The van der Waals surface area contributed by atoms with Gasteiger partial charge in [-0.1, -0.05) is 36.0 Å². The van der Waals surface area contributed by atoms with Gasteiger partial charge in [-0.05, 0) is 24.3 Å². The number of para-hydroxylation sites is 1. The fraction of sp³-hybridized carbons (Fsp3) is 0. The number of phenolic OH excluding ortho intramolecular Hbond substituents is 2. The highest BCUT2D eigenvalue weighted by Crippen LogP contribution is 2.38. The number of benzene rings is 2. The number of hydrogen-bond acceptors (Lipinski definition) is 3. The zero-order chi connectivity index (χ0) is 10.7. The molecule has 2 aromatic carbocycles. The maximum Gasteiger partial charge on any atom is 0.171 e. The molecule has 0 radical (unpaired) electrons. The van der Waals surface area contributed by atoms with Gasteiger partial charge in [-0.2, -0.15) is 0 Å². The number of rotatable bonds is 2. The molecule has 76 valence electrons. The van der Waals surface area contributed by atoms with Crippen LogP contribution in [0.15, 0.2) is 58.3 Å². The molecule has 0 amide bonds. The van der Waals surface area contributed by atoms with Gasteiger partial charge in [0, 0.05) is 4.90 Å². The van der Waals surface area contributed by atoms with Gasteiger partial charge in [-0.25, -0.2) is 0 Å². The summed E-state index contributed by atoms with van der Waals surface area (Å²) in [4.78, 5) is 1.68. The molecule has 2 nitrogen and oxygen atoms in total. The van der Waals surface area contributed by atoms with E-state index in [-0.39, 0.29) is 11.5 Å². The van der Waals surface area contributed by atoms with E-state index >= 15 is 0 Å². The molecule has 0 saturated carbocycles. The van der Waals surface area contributed by atoms with Crippen LogP contribution < -0.4 is 0 Å². The summed E-state index contributed by atoms with van der Waals surface area (Å²) < 4.78 is 0. The fourth-order valence-electron chi connectivity index (χ4n) is 1.21. The van der Waals surface area contributed by atoms with Gasteiger partial charge in [-0.3, -0.25) is 0 Å². The van der Waals surface area contributed by atoms with Crippen molar-refractivity contribution in [2.24, 2.45) is 0 Å². The van der Waals surface area contributed by atoms with Crippen LogP contribution in [0, 0.1) is 0 Å². The Bertz CT molecular complexity index is 454. The van der Waals surface area contributed by atoms with Gasteiger partial charge >= 0.3 is 0 Å². The molecule has 0 aliphatic heterocycles. The molecule has 15 heavy (non-hydrogen) atoms. The first-order valence-corrected chi connectivity index (χ1v) is 5.33. The van der Waals surface area contributed by atoms with Crippen LogP contribution in [0.25, 0.3) is 0 Å². The summed E-state index contributed by atoms with van der Waals surface area (Å²) in [5.74, 6) is -0.151. The summed E-state index contributed by atoms with van der Waals surface area (Å²) in [6, 6.07) is 14.6. The Morgan fingerprint density at radius 3 is 2.27 bits per heavy atom. The molecule has 2 aromatic rings. The van der Waals surface area contributed by atoms with Gasteiger partial charge < -0.3 is 10.2 Å². The maximum atomic E-state index is 9.59. The zero-order valence-corrected chi connectivity index (χ0v) is 8.74. The van der Waals surface area contributed by atoms with Crippen molar-refractivity contribution in [1.82, 2.24) is 0 Å². The highest BCUT2D eigenvalue weighted by molar-refractivity contribution is 7.99. The van der Waals surface area contributed by atoms with E-state index in [0.29, 0.717) is 4.90 Å². The highest BCUT2D eigenvalue weighted by atomic mass is 32.2. The minimum absolute atomic E-state index is 0.0636. The van der Waals surface area contributed by atoms with Crippen molar-refractivity contribution in [3.8, 4) is 11.5 Å². The molecular weight excluding hydrogens is 208 g/mol. The quantitative estimate of drug-likeness (QED) is 0.760. The molecule has 0 aromatic heterocycles. The molecule has 0 heterocycles. The van der Waals surface area contributed by atoms with E-state index in [1.54, 1.807) is 12.1 Å². The summed E-state index contributed by atoms with van der Waals surface area (Å²) in [5.41, 5.74) is 0. The second-order valence-electron chi connectivity index (χ2n) is 3.04. The molecule has 2 rings (SSSR count). The maximum absolute atomic E-state index is 9.59. The largest absolute Gasteiger partial charge is 0.504 e. The van der Waals surface area contributed by atoms with Crippen LogP contribution in [0.1, 0.15) is 0 Å². The van der Waals surface area contributed by atoms with E-state index in [1.807, 2.05) is 30.3 Å². The monoisotopic (exact) mass is 218 g/mol. The summed E-state index contributed by atoms with van der Waals surface area (Å²) in [5, 5.41) is 18.9. The average Bonchev–Trinajstić information content (AvgIpc) is 2.26. The lowest BCUT2D eigenvalue weighted by Crippen LogP contribution is -1.75. The summed E-state index contributed by atoms with van der Waals surface area (Å²) >= 11 is 1.42.